The number of amides is 1. The van der Waals surface area contributed by atoms with E-state index < -0.39 is 0 Å². The lowest BCUT2D eigenvalue weighted by Crippen LogP contribution is -2.54. The number of hydrogen-bond acceptors (Lipinski definition) is 3. The maximum Gasteiger partial charge on any atom is 0.261 e. The van der Waals surface area contributed by atoms with Crippen molar-refractivity contribution in [1.82, 2.24) is 10.6 Å². The van der Waals surface area contributed by atoms with Crippen LogP contribution in [-0.4, -0.2) is 30.6 Å². The van der Waals surface area contributed by atoms with Crippen LogP contribution in [0.25, 0.3) is 0 Å². The molecule has 1 aromatic rings. The Kier molecular flexibility index (Phi) is 5.35. The van der Waals surface area contributed by atoms with Gasteiger partial charge in [-0.05, 0) is 62.9 Å². The summed E-state index contributed by atoms with van der Waals surface area (Å²) in [4.78, 5) is 12.4. The van der Waals surface area contributed by atoms with Gasteiger partial charge in [0, 0.05) is 18.5 Å². The van der Waals surface area contributed by atoms with Gasteiger partial charge in [-0.3, -0.25) is 4.79 Å². The predicted octanol–water partition coefficient (Wildman–Crippen LogP) is 2.29. The molecule has 0 saturated carbocycles. The van der Waals surface area contributed by atoms with Gasteiger partial charge in [0.2, 0.25) is 0 Å². The quantitative estimate of drug-likeness (QED) is 0.877. The normalized spacial score (nSPS) is 26.6. The number of fused-ring (bicyclic) bond motifs is 1. The smallest absolute Gasteiger partial charge is 0.261 e. The molecule has 2 heterocycles. The summed E-state index contributed by atoms with van der Waals surface area (Å²) in [5, 5.41) is 6.55. The molecule has 3 atom stereocenters. The van der Waals surface area contributed by atoms with Crippen molar-refractivity contribution in [3.63, 3.8) is 0 Å². The number of carbonyl (C=O) groups excluding carboxylic acids is 1. The SMILES string of the molecule is Cc1cc2c(cc1C)OC(C(=O)NC1CCCNC1C)C2.Cl. The van der Waals surface area contributed by atoms with Gasteiger partial charge in [-0.25, -0.2) is 0 Å². The van der Waals surface area contributed by atoms with E-state index in [-0.39, 0.29) is 30.5 Å². The molecule has 1 aromatic carbocycles. The zero-order chi connectivity index (χ0) is 15.0. The number of aryl methyl sites for hydroxylation is 2. The molecule has 1 saturated heterocycles. The van der Waals surface area contributed by atoms with Crippen molar-refractivity contribution in [2.75, 3.05) is 6.54 Å². The average molecular weight is 325 g/mol. The van der Waals surface area contributed by atoms with Crippen molar-refractivity contribution >= 4 is 18.3 Å². The third-order valence-electron chi connectivity index (χ3n) is 4.73. The Hall–Kier alpha value is -1.26. The number of rotatable bonds is 2. The second kappa shape index (κ2) is 6.88. The average Bonchev–Trinajstić information content (AvgIpc) is 2.85. The Morgan fingerprint density at radius 3 is 2.77 bits per heavy atom. The van der Waals surface area contributed by atoms with Crippen molar-refractivity contribution in [3.05, 3.63) is 28.8 Å². The molecular weight excluding hydrogens is 300 g/mol. The van der Waals surface area contributed by atoms with Crippen LogP contribution in [0.15, 0.2) is 12.1 Å². The number of hydrogen-bond donors (Lipinski definition) is 2. The van der Waals surface area contributed by atoms with Crippen LogP contribution in [-0.2, 0) is 11.2 Å². The third kappa shape index (κ3) is 3.39. The van der Waals surface area contributed by atoms with E-state index in [1.807, 2.05) is 6.07 Å². The highest BCUT2D eigenvalue weighted by Crippen LogP contribution is 2.31. The van der Waals surface area contributed by atoms with Crippen molar-refractivity contribution < 1.29 is 9.53 Å². The molecule has 5 heteroatoms. The predicted molar refractivity (Wildman–Crippen MR) is 89.9 cm³/mol. The van der Waals surface area contributed by atoms with Gasteiger partial charge in [0.25, 0.3) is 5.91 Å². The van der Waals surface area contributed by atoms with Gasteiger partial charge in [-0.1, -0.05) is 6.07 Å². The Labute approximate surface area is 138 Å². The minimum atomic E-state index is -0.379. The Bertz CT molecular complexity index is 531. The summed E-state index contributed by atoms with van der Waals surface area (Å²) in [7, 11) is 0. The standard InChI is InChI=1S/C17H24N2O2.ClH/c1-10-7-13-9-16(21-15(13)8-11(10)2)17(20)19-14-5-4-6-18-12(14)3;/h7-8,12,14,16,18H,4-6,9H2,1-3H3,(H,19,20);1H. The summed E-state index contributed by atoms with van der Waals surface area (Å²) in [6, 6.07) is 4.73. The molecule has 0 bridgehead atoms. The van der Waals surface area contributed by atoms with Crippen molar-refractivity contribution in [1.29, 1.82) is 0 Å². The topological polar surface area (TPSA) is 50.4 Å². The lowest BCUT2D eigenvalue weighted by atomic mass is 9.99. The van der Waals surface area contributed by atoms with E-state index in [9.17, 15) is 4.79 Å². The van der Waals surface area contributed by atoms with Crippen molar-refractivity contribution in [2.45, 2.75) is 58.2 Å². The molecule has 3 rings (SSSR count). The summed E-state index contributed by atoms with van der Waals surface area (Å²) in [6.45, 7) is 7.33. The van der Waals surface area contributed by atoms with Crippen LogP contribution >= 0.6 is 12.4 Å². The number of carbonyl (C=O) groups is 1. The van der Waals surface area contributed by atoms with Gasteiger partial charge in [0.15, 0.2) is 6.10 Å². The lowest BCUT2D eigenvalue weighted by molar-refractivity contribution is -0.128. The monoisotopic (exact) mass is 324 g/mol. The van der Waals surface area contributed by atoms with E-state index in [0.717, 1.165) is 30.7 Å². The third-order valence-corrected chi connectivity index (χ3v) is 4.73. The van der Waals surface area contributed by atoms with Gasteiger partial charge >= 0.3 is 0 Å². The Morgan fingerprint density at radius 2 is 2.05 bits per heavy atom. The molecule has 122 valence electrons. The highest BCUT2D eigenvalue weighted by atomic mass is 35.5. The van der Waals surface area contributed by atoms with Crippen LogP contribution in [0.1, 0.15) is 36.5 Å². The number of nitrogens with one attached hydrogen (secondary N) is 2. The fourth-order valence-electron chi connectivity index (χ4n) is 3.18. The maximum absolute atomic E-state index is 12.4. The number of ether oxygens (including phenoxy) is 1. The second-order valence-electron chi connectivity index (χ2n) is 6.35. The molecule has 2 aliphatic heterocycles. The molecule has 22 heavy (non-hydrogen) atoms. The number of piperidine rings is 1. The van der Waals surface area contributed by atoms with E-state index in [0.29, 0.717) is 12.5 Å². The number of benzene rings is 1. The molecule has 0 spiro atoms. The van der Waals surface area contributed by atoms with Crippen LogP contribution in [0.3, 0.4) is 0 Å². The second-order valence-corrected chi connectivity index (χ2v) is 6.35. The molecule has 0 aliphatic carbocycles. The summed E-state index contributed by atoms with van der Waals surface area (Å²) >= 11 is 0. The summed E-state index contributed by atoms with van der Waals surface area (Å²) in [6.07, 6.45) is 2.45. The molecule has 3 unspecified atom stereocenters. The molecule has 4 nitrogen and oxygen atoms in total. The van der Waals surface area contributed by atoms with Gasteiger partial charge in [0.05, 0.1) is 0 Å². The van der Waals surface area contributed by atoms with E-state index >= 15 is 0 Å². The first-order chi connectivity index (χ1) is 10.0. The van der Waals surface area contributed by atoms with Gasteiger partial charge in [-0.2, -0.15) is 0 Å². The van der Waals surface area contributed by atoms with Crippen molar-refractivity contribution in [3.8, 4) is 5.75 Å². The molecule has 1 amide bonds. The first-order valence-corrected chi connectivity index (χ1v) is 7.85. The Balaban J connectivity index is 0.00000176. The first-order valence-electron chi connectivity index (χ1n) is 7.85. The highest BCUT2D eigenvalue weighted by molar-refractivity contribution is 5.85. The van der Waals surface area contributed by atoms with E-state index in [4.69, 9.17) is 4.74 Å². The minimum Gasteiger partial charge on any atom is -0.480 e. The fraction of sp³-hybridized carbons (Fsp3) is 0.588. The fourth-order valence-corrected chi connectivity index (χ4v) is 3.18. The van der Waals surface area contributed by atoms with Crippen LogP contribution in [0.5, 0.6) is 5.75 Å². The number of halogens is 1. The maximum atomic E-state index is 12.4. The molecule has 2 N–H and O–H groups in total. The molecule has 0 aromatic heterocycles. The zero-order valence-electron chi connectivity index (χ0n) is 13.4. The minimum absolute atomic E-state index is 0. The molecule has 1 fully saturated rings. The van der Waals surface area contributed by atoms with Crippen molar-refractivity contribution in [2.24, 2.45) is 0 Å². The van der Waals surface area contributed by atoms with E-state index in [1.165, 1.54) is 11.1 Å². The van der Waals surface area contributed by atoms with Crippen LogP contribution < -0.4 is 15.4 Å². The summed E-state index contributed by atoms with van der Waals surface area (Å²) < 4.78 is 5.85. The van der Waals surface area contributed by atoms with Gasteiger partial charge in [-0.15, -0.1) is 12.4 Å². The highest BCUT2D eigenvalue weighted by Gasteiger charge is 2.32. The molecule has 0 radical (unpaired) electrons. The lowest BCUT2D eigenvalue weighted by Gasteiger charge is -2.31. The van der Waals surface area contributed by atoms with Crippen LogP contribution in [0.4, 0.5) is 0 Å². The summed E-state index contributed by atoms with van der Waals surface area (Å²) in [5.74, 6) is 0.884. The van der Waals surface area contributed by atoms with E-state index in [1.54, 1.807) is 0 Å². The van der Waals surface area contributed by atoms with Gasteiger partial charge in [0.1, 0.15) is 5.75 Å². The first kappa shape index (κ1) is 17.1. The largest absolute Gasteiger partial charge is 0.480 e. The van der Waals surface area contributed by atoms with Crippen LogP contribution in [0, 0.1) is 13.8 Å². The summed E-state index contributed by atoms with van der Waals surface area (Å²) in [5.41, 5.74) is 3.61. The molecular formula is C17H25ClN2O2. The Morgan fingerprint density at radius 1 is 1.32 bits per heavy atom. The van der Waals surface area contributed by atoms with Crippen LogP contribution in [0.2, 0.25) is 0 Å². The van der Waals surface area contributed by atoms with Gasteiger partial charge < -0.3 is 15.4 Å². The van der Waals surface area contributed by atoms with E-state index in [2.05, 4.69) is 37.5 Å². The zero-order valence-corrected chi connectivity index (χ0v) is 14.3. The molecule has 2 aliphatic rings.